The van der Waals surface area contributed by atoms with Crippen molar-refractivity contribution in [2.75, 3.05) is 23.8 Å². The Balaban J connectivity index is 1.56. The van der Waals surface area contributed by atoms with Crippen LogP contribution in [0.2, 0.25) is 0 Å². The highest BCUT2D eigenvalue weighted by atomic mass is 16.6. The van der Waals surface area contributed by atoms with Gasteiger partial charge in [-0.05, 0) is 48.4 Å². The van der Waals surface area contributed by atoms with Crippen molar-refractivity contribution in [2.45, 2.75) is 20.4 Å². The first-order valence-electron chi connectivity index (χ1n) is 10.8. The second-order valence-electron chi connectivity index (χ2n) is 7.67. The lowest BCUT2D eigenvalue weighted by molar-refractivity contribution is -0.114. The van der Waals surface area contributed by atoms with Gasteiger partial charge >= 0.3 is 0 Å². The molecule has 2 heterocycles. The second-order valence-corrected chi connectivity index (χ2v) is 7.67. The number of nitrogens with one attached hydrogen (secondary N) is 3. The van der Waals surface area contributed by atoms with Crippen LogP contribution in [0.1, 0.15) is 28.4 Å². The molecule has 3 N–H and O–H groups in total. The molecule has 0 atom stereocenters. The molecule has 0 radical (unpaired) electrons. The molecule has 34 heavy (non-hydrogen) atoms. The number of aromatic nitrogens is 1. The first kappa shape index (κ1) is 22.8. The standard InChI is InChI=1S/C25H25N5O4/c1-16-5-6-19(12-21(16)28-17(2)31)24(32)30-25(27-15-18-4-3-9-26-14-18)29-20-7-8-22-23(13-20)34-11-10-33-22/h3-9,12-14H,10-11,15H2,1-2H3,(H,28,31)(H2,27,29,30,32). The molecular formula is C25H25N5O4. The highest BCUT2D eigenvalue weighted by molar-refractivity contribution is 6.10. The van der Waals surface area contributed by atoms with Crippen molar-refractivity contribution in [3.05, 3.63) is 77.6 Å². The average molecular weight is 460 g/mol. The summed E-state index contributed by atoms with van der Waals surface area (Å²) in [6, 6.07) is 14.2. The fourth-order valence-corrected chi connectivity index (χ4v) is 3.30. The highest BCUT2D eigenvalue weighted by Gasteiger charge is 2.15. The quantitative estimate of drug-likeness (QED) is 0.397. The van der Waals surface area contributed by atoms with E-state index >= 15 is 0 Å². The Morgan fingerprint density at radius 1 is 1.03 bits per heavy atom. The Hall–Kier alpha value is -4.40. The number of guanidine groups is 1. The Kier molecular flexibility index (Phi) is 7.02. The molecule has 0 saturated heterocycles. The van der Waals surface area contributed by atoms with Gasteiger partial charge in [0.25, 0.3) is 5.91 Å². The maximum atomic E-state index is 13.0. The molecule has 9 nitrogen and oxygen atoms in total. The number of benzene rings is 2. The summed E-state index contributed by atoms with van der Waals surface area (Å²) >= 11 is 0. The van der Waals surface area contributed by atoms with E-state index < -0.39 is 0 Å². The SMILES string of the molecule is CC(=O)Nc1cc(C(=O)NC(=NCc2cccnc2)Nc2ccc3c(c2)OCCO3)ccc1C. The maximum absolute atomic E-state index is 13.0. The van der Waals surface area contributed by atoms with Crippen LogP contribution in [0.15, 0.2) is 65.9 Å². The summed E-state index contributed by atoms with van der Waals surface area (Å²) in [5.74, 6) is 0.959. The van der Waals surface area contributed by atoms with Crippen molar-refractivity contribution in [2.24, 2.45) is 4.99 Å². The first-order valence-corrected chi connectivity index (χ1v) is 10.8. The van der Waals surface area contributed by atoms with E-state index in [-0.39, 0.29) is 17.8 Å². The molecule has 0 saturated carbocycles. The van der Waals surface area contributed by atoms with Crippen LogP contribution in [0.5, 0.6) is 11.5 Å². The fraction of sp³-hybridized carbons (Fsp3) is 0.200. The molecule has 1 aliphatic rings. The van der Waals surface area contributed by atoms with Gasteiger partial charge in [0.05, 0.1) is 6.54 Å². The summed E-state index contributed by atoms with van der Waals surface area (Å²) < 4.78 is 11.2. The number of hydrogen-bond acceptors (Lipinski definition) is 6. The number of carbonyl (C=O) groups excluding carboxylic acids is 2. The van der Waals surface area contributed by atoms with Gasteiger partial charge in [-0.25, -0.2) is 4.99 Å². The van der Waals surface area contributed by atoms with Crippen LogP contribution in [-0.4, -0.2) is 36.0 Å². The number of rotatable bonds is 5. The van der Waals surface area contributed by atoms with E-state index in [2.05, 4.69) is 25.9 Å². The summed E-state index contributed by atoms with van der Waals surface area (Å²) in [5, 5.41) is 8.72. The molecule has 0 fully saturated rings. The van der Waals surface area contributed by atoms with E-state index in [1.54, 1.807) is 42.7 Å². The van der Waals surface area contributed by atoms with Gasteiger partial charge < -0.3 is 20.1 Å². The molecular weight excluding hydrogens is 434 g/mol. The van der Waals surface area contributed by atoms with Crippen LogP contribution in [0, 0.1) is 6.92 Å². The number of ether oxygens (including phenoxy) is 2. The lowest BCUT2D eigenvalue weighted by Gasteiger charge is -2.19. The molecule has 1 aromatic heterocycles. The molecule has 0 unspecified atom stereocenters. The number of amides is 2. The normalized spacial score (nSPS) is 12.6. The Morgan fingerprint density at radius 3 is 2.62 bits per heavy atom. The van der Waals surface area contributed by atoms with Gasteiger partial charge in [-0.2, -0.15) is 0 Å². The monoisotopic (exact) mass is 459 g/mol. The molecule has 174 valence electrons. The fourth-order valence-electron chi connectivity index (χ4n) is 3.30. The number of anilines is 2. The van der Waals surface area contributed by atoms with Crippen molar-refractivity contribution in [1.82, 2.24) is 10.3 Å². The van der Waals surface area contributed by atoms with Crippen molar-refractivity contribution in [1.29, 1.82) is 0 Å². The number of carbonyl (C=O) groups is 2. The summed E-state index contributed by atoms with van der Waals surface area (Å²) in [7, 11) is 0. The van der Waals surface area contributed by atoms with Crippen LogP contribution >= 0.6 is 0 Å². The van der Waals surface area contributed by atoms with Crippen LogP contribution in [0.4, 0.5) is 11.4 Å². The minimum atomic E-state index is -0.374. The zero-order valence-electron chi connectivity index (χ0n) is 18.9. The van der Waals surface area contributed by atoms with Crippen molar-refractivity contribution in [3.63, 3.8) is 0 Å². The van der Waals surface area contributed by atoms with Crippen LogP contribution in [0.3, 0.4) is 0 Å². The lowest BCUT2D eigenvalue weighted by Crippen LogP contribution is -2.36. The molecule has 4 rings (SSSR count). The van der Waals surface area contributed by atoms with E-state index in [0.29, 0.717) is 48.2 Å². The number of hydrogen-bond donors (Lipinski definition) is 3. The molecule has 0 aliphatic carbocycles. The van der Waals surface area contributed by atoms with E-state index in [0.717, 1.165) is 11.1 Å². The maximum Gasteiger partial charge on any atom is 0.258 e. The second kappa shape index (κ2) is 10.5. The Bertz CT molecular complexity index is 1230. The Morgan fingerprint density at radius 2 is 1.85 bits per heavy atom. The number of fused-ring (bicyclic) bond motifs is 1. The summed E-state index contributed by atoms with van der Waals surface area (Å²) in [6.45, 7) is 4.57. The number of pyridine rings is 1. The van der Waals surface area contributed by atoms with Crippen LogP contribution < -0.4 is 25.4 Å². The van der Waals surface area contributed by atoms with Crippen LogP contribution in [0.25, 0.3) is 0 Å². The molecule has 3 aromatic rings. The molecule has 2 aromatic carbocycles. The van der Waals surface area contributed by atoms with Gasteiger partial charge in [-0.15, -0.1) is 0 Å². The third-order valence-corrected chi connectivity index (χ3v) is 4.99. The predicted molar refractivity (Wildman–Crippen MR) is 129 cm³/mol. The minimum Gasteiger partial charge on any atom is -0.486 e. The van der Waals surface area contributed by atoms with E-state index in [1.807, 2.05) is 25.1 Å². The van der Waals surface area contributed by atoms with Gasteiger partial charge in [-0.3, -0.25) is 19.9 Å². The number of aliphatic imine (C=N–C) groups is 1. The largest absolute Gasteiger partial charge is 0.486 e. The lowest BCUT2D eigenvalue weighted by atomic mass is 10.1. The average Bonchev–Trinajstić information content (AvgIpc) is 2.84. The van der Waals surface area contributed by atoms with E-state index in [9.17, 15) is 9.59 Å². The van der Waals surface area contributed by atoms with Gasteiger partial charge in [0.1, 0.15) is 13.2 Å². The van der Waals surface area contributed by atoms with Crippen molar-refractivity contribution >= 4 is 29.1 Å². The summed E-state index contributed by atoms with van der Waals surface area (Å²) in [6.07, 6.45) is 3.40. The van der Waals surface area contributed by atoms with Crippen molar-refractivity contribution in [3.8, 4) is 11.5 Å². The third-order valence-electron chi connectivity index (χ3n) is 4.99. The van der Waals surface area contributed by atoms with Crippen molar-refractivity contribution < 1.29 is 19.1 Å². The molecule has 2 amide bonds. The van der Waals surface area contributed by atoms with Crippen LogP contribution in [-0.2, 0) is 11.3 Å². The summed E-state index contributed by atoms with van der Waals surface area (Å²) in [5.41, 5.74) is 3.38. The number of aryl methyl sites for hydroxylation is 1. The van der Waals surface area contributed by atoms with E-state index in [4.69, 9.17) is 9.47 Å². The predicted octanol–water partition coefficient (Wildman–Crippen LogP) is 3.52. The minimum absolute atomic E-state index is 0.209. The van der Waals surface area contributed by atoms with Gasteiger partial charge in [0, 0.05) is 42.3 Å². The third kappa shape index (κ3) is 5.89. The van der Waals surface area contributed by atoms with Gasteiger partial charge in [0.15, 0.2) is 11.5 Å². The van der Waals surface area contributed by atoms with E-state index in [1.165, 1.54) is 6.92 Å². The Labute approximate surface area is 197 Å². The molecule has 9 heteroatoms. The molecule has 1 aliphatic heterocycles. The summed E-state index contributed by atoms with van der Waals surface area (Å²) in [4.78, 5) is 33.2. The first-order chi connectivity index (χ1) is 16.5. The molecule has 0 spiro atoms. The number of nitrogens with zero attached hydrogens (tertiary/aromatic N) is 2. The molecule has 0 bridgehead atoms. The van der Waals surface area contributed by atoms with Gasteiger partial charge in [0.2, 0.25) is 11.9 Å². The van der Waals surface area contributed by atoms with Gasteiger partial charge in [-0.1, -0.05) is 12.1 Å². The highest BCUT2D eigenvalue weighted by Crippen LogP contribution is 2.32. The topological polar surface area (TPSA) is 114 Å². The zero-order chi connectivity index (χ0) is 23.9. The zero-order valence-corrected chi connectivity index (χ0v) is 18.9. The smallest absolute Gasteiger partial charge is 0.258 e.